The van der Waals surface area contributed by atoms with Crippen molar-refractivity contribution >= 4 is 10.0 Å². The molecule has 0 atom stereocenters. The highest BCUT2D eigenvalue weighted by Gasteiger charge is 2.23. The number of hydrogen-bond acceptors (Lipinski definition) is 6. The van der Waals surface area contributed by atoms with Crippen LogP contribution in [0, 0.1) is 0 Å². The number of aromatic nitrogens is 3. The Hall–Kier alpha value is -2.78. The van der Waals surface area contributed by atoms with Crippen LogP contribution in [0.1, 0.15) is 26.6 Å². The molecule has 3 aromatic rings. The van der Waals surface area contributed by atoms with Gasteiger partial charge in [-0.2, -0.15) is 4.98 Å². The van der Waals surface area contributed by atoms with Gasteiger partial charge in [-0.05, 0) is 45.0 Å². The predicted octanol–water partition coefficient (Wildman–Crippen LogP) is 2.02. The van der Waals surface area contributed by atoms with Crippen molar-refractivity contribution in [2.75, 3.05) is 0 Å². The van der Waals surface area contributed by atoms with Crippen molar-refractivity contribution in [1.29, 1.82) is 0 Å². The lowest BCUT2D eigenvalue weighted by Gasteiger charge is -2.20. The van der Waals surface area contributed by atoms with E-state index in [1.165, 1.54) is 22.8 Å². The summed E-state index contributed by atoms with van der Waals surface area (Å²) in [6.45, 7) is 5.46. The summed E-state index contributed by atoms with van der Waals surface area (Å²) in [7, 11) is -3.68. The molecule has 2 heterocycles. The molecule has 0 aliphatic rings. The van der Waals surface area contributed by atoms with Crippen LogP contribution in [0.3, 0.4) is 0 Å². The number of hydrogen-bond donors (Lipinski definition) is 1. The molecular weight excluding hydrogens is 368 g/mol. The predicted molar refractivity (Wildman–Crippen MR) is 99.6 cm³/mol. The summed E-state index contributed by atoms with van der Waals surface area (Å²) < 4.78 is 34.3. The van der Waals surface area contributed by atoms with Crippen molar-refractivity contribution in [3.8, 4) is 11.5 Å². The fourth-order valence-corrected chi connectivity index (χ4v) is 3.90. The quantitative estimate of drug-likeness (QED) is 0.717. The van der Waals surface area contributed by atoms with E-state index in [0.29, 0.717) is 11.4 Å². The van der Waals surface area contributed by atoms with Crippen LogP contribution in [0.25, 0.3) is 11.5 Å². The van der Waals surface area contributed by atoms with Gasteiger partial charge in [-0.1, -0.05) is 17.3 Å². The van der Waals surface area contributed by atoms with Crippen molar-refractivity contribution in [3.05, 3.63) is 64.8 Å². The maximum Gasteiger partial charge on any atom is 0.258 e. The summed E-state index contributed by atoms with van der Waals surface area (Å²) in [5, 5.41) is 3.87. The number of pyridine rings is 1. The molecule has 9 heteroatoms. The van der Waals surface area contributed by atoms with Crippen LogP contribution in [-0.2, 0) is 16.6 Å². The first-order valence-corrected chi connectivity index (χ1v) is 9.75. The minimum atomic E-state index is -3.68. The third kappa shape index (κ3) is 4.69. The summed E-state index contributed by atoms with van der Waals surface area (Å²) in [6, 6.07) is 11.1. The van der Waals surface area contributed by atoms with Gasteiger partial charge >= 0.3 is 0 Å². The van der Waals surface area contributed by atoms with Gasteiger partial charge in [0.2, 0.25) is 10.0 Å². The molecule has 8 nitrogen and oxygen atoms in total. The lowest BCUT2D eigenvalue weighted by Crippen LogP contribution is -2.40. The average molecular weight is 388 g/mol. The molecule has 0 radical (unpaired) electrons. The number of rotatable bonds is 5. The molecule has 0 amide bonds. The van der Waals surface area contributed by atoms with E-state index in [-0.39, 0.29) is 22.9 Å². The molecule has 0 fully saturated rings. The standard InChI is InChI=1S/C18H20N4O4S/c1-18(2,3)21-27(24,25)14-8-6-7-13(11-14)17-19-15(20-26-17)12-22-10-5-4-9-16(22)23/h4-11,21H,12H2,1-3H3. The van der Waals surface area contributed by atoms with Crippen molar-refractivity contribution in [3.63, 3.8) is 0 Å². The number of sulfonamides is 1. The van der Waals surface area contributed by atoms with Crippen molar-refractivity contribution < 1.29 is 12.9 Å². The van der Waals surface area contributed by atoms with E-state index in [9.17, 15) is 13.2 Å². The minimum absolute atomic E-state index is 0.106. The molecular formula is C18H20N4O4S. The van der Waals surface area contributed by atoms with Gasteiger partial charge in [-0.15, -0.1) is 0 Å². The second-order valence-corrected chi connectivity index (χ2v) is 8.75. The van der Waals surface area contributed by atoms with Gasteiger partial charge in [0.15, 0.2) is 5.82 Å². The Bertz CT molecular complexity index is 1110. The van der Waals surface area contributed by atoms with E-state index in [1.54, 1.807) is 51.2 Å². The highest BCUT2D eigenvalue weighted by atomic mass is 32.2. The largest absolute Gasteiger partial charge is 0.334 e. The SMILES string of the molecule is CC(C)(C)NS(=O)(=O)c1cccc(-c2nc(Cn3ccccc3=O)no2)c1. The van der Waals surface area contributed by atoms with E-state index in [1.807, 2.05) is 0 Å². The van der Waals surface area contributed by atoms with Crippen LogP contribution in [0.2, 0.25) is 0 Å². The Morgan fingerprint density at radius 2 is 1.93 bits per heavy atom. The molecule has 0 unspecified atom stereocenters. The minimum Gasteiger partial charge on any atom is -0.334 e. The molecule has 2 aromatic heterocycles. The highest BCUT2D eigenvalue weighted by molar-refractivity contribution is 7.89. The molecule has 1 aromatic carbocycles. The Balaban J connectivity index is 1.87. The van der Waals surface area contributed by atoms with Gasteiger partial charge in [0.05, 0.1) is 11.4 Å². The van der Waals surface area contributed by atoms with Crippen LogP contribution in [0.4, 0.5) is 0 Å². The van der Waals surface area contributed by atoms with Crippen LogP contribution < -0.4 is 10.3 Å². The van der Waals surface area contributed by atoms with Gasteiger partial charge in [0.25, 0.3) is 11.4 Å². The molecule has 142 valence electrons. The normalized spacial score (nSPS) is 12.3. The summed E-state index contributed by atoms with van der Waals surface area (Å²) in [6.07, 6.45) is 1.63. The zero-order valence-electron chi connectivity index (χ0n) is 15.2. The molecule has 0 spiro atoms. The third-order valence-electron chi connectivity index (χ3n) is 3.51. The molecule has 1 N–H and O–H groups in total. The van der Waals surface area contributed by atoms with Gasteiger partial charge < -0.3 is 9.09 Å². The van der Waals surface area contributed by atoms with Crippen molar-refractivity contribution in [2.24, 2.45) is 0 Å². The van der Waals surface area contributed by atoms with E-state index >= 15 is 0 Å². The van der Waals surface area contributed by atoms with Gasteiger partial charge in [0.1, 0.15) is 0 Å². The zero-order valence-corrected chi connectivity index (χ0v) is 16.0. The maximum absolute atomic E-state index is 12.5. The topological polar surface area (TPSA) is 107 Å². The fourth-order valence-electron chi connectivity index (χ4n) is 2.44. The van der Waals surface area contributed by atoms with E-state index in [2.05, 4.69) is 14.9 Å². The van der Waals surface area contributed by atoms with Crippen molar-refractivity contribution in [2.45, 2.75) is 37.8 Å². The molecule has 0 aliphatic heterocycles. The van der Waals surface area contributed by atoms with E-state index in [0.717, 1.165) is 0 Å². The number of nitrogens with one attached hydrogen (secondary N) is 1. The Kier molecular flexibility index (Phi) is 4.99. The summed E-state index contributed by atoms with van der Waals surface area (Å²) in [4.78, 5) is 16.1. The van der Waals surface area contributed by atoms with Gasteiger partial charge in [0, 0.05) is 23.4 Å². The maximum atomic E-state index is 12.5. The summed E-state index contributed by atoms with van der Waals surface area (Å²) >= 11 is 0. The molecule has 0 aliphatic carbocycles. The van der Waals surface area contributed by atoms with Gasteiger partial charge in [-0.25, -0.2) is 13.1 Å². The first-order chi connectivity index (χ1) is 12.6. The lowest BCUT2D eigenvalue weighted by molar-refractivity contribution is 0.420. The fraction of sp³-hybridized carbons (Fsp3) is 0.278. The number of benzene rings is 1. The second kappa shape index (κ2) is 7.09. The molecule has 27 heavy (non-hydrogen) atoms. The lowest BCUT2D eigenvalue weighted by atomic mass is 10.1. The highest BCUT2D eigenvalue weighted by Crippen LogP contribution is 2.22. The monoisotopic (exact) mass is 388 g/mol. The first-order valence-electron chi connectivity index (χ1n) is 8.26. The average Bonchev–Trinajstić information content (AvgIpc) is 3.04. The number of nitrogens with zero attached hydrogens (tertiary/aromatic N) is 3. The molecule has 3 rings (SSSR count). The van der Waals surface area contributed by atoms with Gasteiger partial charge in [-0.3, -0.25) is 4.79 Å². The third-order valence-corrected chi connectivity index (χ3v) is 5.27. The molecule has 0 saturated carbocycles. The Morgan fingerprint density at radius 1 is 1.15 bits per heavy atom. The van der Waals surface area contributed by atoms with Crippen LogP contribution >= 0.6 is 0 Å². The molecule has 0 bridgehead atoms. The molecule has 0 saturated heterocycles. The van der Waals surface area contributed by atoms with Crippen LogP contribution in [0.5, 0.6) is 0 Å². The van der Waals surface area contributed by atoms with Crippen molar-refractivity contribution in [1.82, 2.24) is 19.4 Å². The summed E-state index contributed by atoms with van der Waals surface area (Å²) in [5.74, 6) is 0.501. The van der Waals surface area contributed by atoms with E-state index in [4.69, 9.17) is 4.52 Å². The Labute approximate surface area is 156 Å². The van der Waals surface area contributed by atoms with Crippen LogP contribution in [0.15, 0.2) is 62.9 Å². The second-order valence-electron chi connectivity index (χ2n) is 7.07. The zero-order chi connectivity index (χ0) is 19.7. The smallest absolute Gasteiger partial charge is 0.258 e. The first kappa shape index (κ1) is 19.0. The summed E-state index contributed by atoms with van der Waals surface area (Å²) in [5.41, 5.74) is -0.300. The van der Waals surface area contributed by atoms with E-state index < -0.39 is 15.6 Å². The Morgan fingerprint density at radius 3 is 2.63 bits per heavy atom. The van der Waals surface area contributed by atoms with Crippen LogP contribution in [-0.4, -0.2) is 28.7 Å².